The number of amides is 1. The van der Waals surface area contributed by atoms with Crippen molar-refractivity contribution in [3.63, 3.8) is 0 Å². The van der Waals surface area contributed by atoms with Crippen molar-refractivity contribution < 1.29 is 13.2 Å². The van der Waals surface area contributed by atoms with Crippen LogP contribution in [0, 0.1) is 0 Å². The molecule has 0 radical (unpaired) electrons. The van der Waals surface area contributed by atoms with Crippen LogP contribution in [0.15, 0.2) is 58.3 Å². The van der Waals surface area contributed by atoms with Crippen LogP contribution in [-0.2, 0) is 21.2 Å². The predicted octanol–water partition coefficient (Wildman–Crippen LogP) is 3.01. The van der Waals surface area contributed by atoms with Gasteiger partial charge in [-0.3, -0.25) is 4.79 Å². The summed E-state index contributed by atoms with van der Waals surface area (Å²) in [5.41, 5.74) is 1.71. The highest BCUT2D eigenvalue weighted by Crippen LogP contribution is 2.33. The third-order valence-electron chi connectivity index (χ3n) is 4.39. The Labute approximate surface area is 159 Å². The second-order valence-corrected chi connectivity index (χ2v) is 9.96. The lowest BCUT2D eigenvalue weighted by Crippen LogP contribution is -2.35. The van der Waals surface area contributed by atoms with Crippen molar-refractivity contribution in [1.82, 2.24) is 4.31 Å². The van der Waals surface area contributed by atoms with E-state index in [1.807, 2.05) is 37.3 Å². The summed E-state index contributed by atoms with van der Waals surface area (Å²) in [6.07, 6.45) is 0.667. The zero-order chi connectivity index (χ0) is 18.9. The largest absolute Gasteiger partial charge is 0.311 e. The number of rotatable bonds is 5. The summed E-state index contributed by atoms with van der Waals surface area (Å²) in [5, 5.41) is -0.214. The molecule has 1 aliphatic rings. The highest BCUT2D eigenvalue weighted by molar-refractivity contribution is 8.00. The van der Waals surface area contributed by atoms with E-state index >= 15 is 0 Å². The molecular weight excluding hydrogens is 368 g/mol. The van der Waals surface area contributed by atoms with Gasteiger partial charge in [0, 0.05) is 31.2 Å². The lowest BCUT2D eigenvalue weighted by molar-refractivity contribution is -0.117. The van der Waals surface area contributed by atoms with Gasteiger partial charge in [0.2, 0.25) is 15.9 Å². The summed E-state index contributed by atoms with van der Waals surface area (Å²) in [5.74, 6) is 0.0424. The lowest BCUT2D eigenvalue weighted by atomic mass is 10.2. The van der Waals surface area contributed by atoms with Gasteiger partial charge in [0.25, 0.3) is 0 Å². The van der Waals surface area contributed by atoms with Crippen LogP contribution in [-0.4, -0.2) is 44.5 Å². The van der Waals surface area contributed by atoms with Crippen molar-refractivity contribution in [3.05, 3.63) is 54.1 Å². The third-order valence-corrected chi connectivity index (χ3v) is 7.31. The maximum atomic E-state index is 12.9. The summed E-state index contributed by atoms with van der Waals surface area (Å²) in [4.78, 5) is 16.0. The molecule has 0 unspecified atom stereocenters. The molecule has 0 aliphatic carbocycles. The second-order valence-electron chi connectivity index (χ2n) is 6.39. The highest BCUT2D eigenvalue weighted by Gasteiger charge is 2.30. The number of carbonyl (C=O) groups is 1. The molecule has 5 nitrogen and oxygen atoms in total. The first-order chi connectivity index (χ1) is 12.3. The van der Waals surface area contributed by atoms with E-state index in [1.54, 1.807) is 23.1 Å². The molecule has 1 heterocycles. The fraction of sp³-hybridized carbons (Fsp3) is 0.316. The Kier molecular flexibility index (Phi) is 5.41. The quantitative estimate of drug-likeness (QED) is 0.737. The highest BCUT2D eigenvalue weighted by atomic mass is 32.2. The SMILES string of the molecule is C[C@@H](Sc1ccccc1)C(=O)N1CCc2cc(S(=O)(=O)N(C)C)ccc21. The van der Waals surface area contributed by atoms with Crippen LogP contribution >= 0.6 is 11.8 Å². The van der Waals surface area contributed by atoms with Gasteiger partial charge in [-0.25, -0.2) is 12.7 Å². The topological polar surface area (TPSA) is 57.7 Å². The molecule has 0 aromatic heterocycles. The van der Waals surface area contributed by atoms with Gasteiger partial charge in [0.15, 0.2) is 0 Å². The summed E-state index contributed by atoms with van der Waals surface area (Å²) in [6.45, 7) is 2.49. The standard InChI is InChI=1S/C19H22N2O3S2/c1-14(25-16-7-5-4-6-8-16)19(22)21-12-11-15-13-17(9-10-18(15)21)26(23,24)20(2)3/h4-10,13-14H,11-12H2,1-3H3/t14-/m1/s1. The maximum absolute atomic E-state index is 12.9. The van der Waals surface area contributed by atoms with Gasteiger partial charge < -0.3 is 4.90 Å². The number of nitrogens with zero attached hydrogens (tertiary/aromatic N) is 2. The number of carbonyl (C=O) groups excluding carboxylic acids is 1. The summed E-state index contributed by atoms with van der Waals surface area (Å²) in [6, 6.07) is 14.9. The van der Waals surface area contributed by atoms with E-state index in [0.29, 0.717) is 13.0 Å². The van der Waals surface area contributed by atoms with Crippen LogP contribution in [0.1, 0.15) is 12.5 Å². The Morgan fingerprint density at radius 2 is 1.85 bits per heavy atom. The first-order valence-corrected chi connectivity index (χ1v) is 10.7. The van der Waals surface area contributed by atoms with Crippen LogP contribution in [0.2, 0.25) is 0 Å². The number of hydrogen-bond acceptors (Lipinski definition) is 4. The summed E-state index contributed by atoms with van der Waals surface area (Å²) in [7, 11) is -0.438. The molecule has 1 amide bonds. The Bertz CT molecular complexity index is 912. The fourth-order valence-corrected chi connectivity index (χ4v) is 4.85. The van der Waals surface area contributed by atoms with Gasteiger partial charge in [0.05, 0.1) is 10.1 Å². The number of hydrogen-bond donors (Lipinski definition) is 0. The van der Waals surface area contributed by atoms with Crippen molar-refractivity contribution >= 4 is 33.4 Å². The molecule has 2 aromatic rings. The van der Waals surface area contributed by atoms with E-state index in [-0.39, 0.29) is 16.1 Å². The van der Waals surface area contributed by atoms with Gasteiger partial charge >= 0.3 is 0 Å². The summed E-state index contributed by atoms with van der Waals surface area (Å²) >= 11 is 1.53. The molecular formula is C19H22N2O3S2. The minimum atomic E-state index is -3.47. The molecule has 2 aromatic carbocycles. The predicted molar refractivity (Wildman–Crippen MR) is 105 cm³/mol. The normalized spacial score (nSPS) is 15.2. The van der Waals surface area contributed by atoms with Gasteiger partial charge in [-0.15, -0.1) is 11.8 Å². The number of thioether (sulfide) groups is 1. The van der Waals surface area contributed by atoms with Crippen molar-refractivity contribution in [1.29, 1.82) is 0 Å². The van der Waals surface area contributed by atoms with Crippen molar-refractivity contribution in [2.45, 2.75) is 28.4 Å². The zero-order valence-electron chi connectivity index (χ0n) is 15.0. The number of sulfonamides is 1. The zero-order valence-corrected chi connectivity index (χ0v) is 16.7. The number of anilines is 1. The van der Waals surface area contributed by atoms with Crippen molar-refractivity contribution in [3.8, 4) is 0 Å². The van der Waals surface area contributed by atoms with Gasteiger partial charge in [-0.1, -0.05) is 18.2 Å². The van der Waals surface area contributed by atoms with Gasteiger partial charge in [-0.05, 0) is 49.2 Å². The molecule has 7 heteroatoms. The summed E-state index contributed by atoms with van der Waals surface area (Å²) < 4.78 is 25.8. The second kappa shape index (κ2) is 7.42. The molecule has 0 spiro atoms. The number of benzene rings is 2. The Morgan fingerprint density at radius 3 is 2.50 bits per heavy atom. The monoisotopic (exact) mass is 390 g/mol. The van der Waals surface area contributed by atoms with E-state index in [4.69, 9.17) is 0 Å². The van der Waals surface area contributed by atoms with Crippen LogP contribution in [0.4, 0.5) is 5.69 Å². The smallest absolute Gasteiger partial charge is 0.242 e. The van der Waals surface area contributed by atoms with Crippen LogP contribution in [0.5, 0.6) is 0 Å². The minimum absolute atomic E-state index is 0.0424. The van der Waals surface area contributed by atoms with Gasteiger partial charge in [0.1, 0.15) is 0 Å². The molecule has 26 heavy (non-hydrogen) atoms. The van der Waals surface area contributed by atoms with Crippen LogP contribution in [0.3, 0.4) is 0 Å². The van der Waals surface area contributed by atoms with E-state index < -0.39 is 10.0 Å². The molecule has 3 rings (SSSR count). The molecule has 0 N–H and O–H groups in total. The van der Waals surface area contributed by atoms with E-state index in [9.17, 15) is 13.2 Å². The van der Waals surface area contributed by atoms with E-state index in [1.165, 1.54) is 30.2 Å². The van der Waals surface area contributed by atoms with Crippen LogP contribution < -0.4 is 4.90 Å². The fourth-order valence-electron chi connectivity index (χ4n) is 2.95. The first-order valence-electron chi connectivity index (χ1n) is 8.39. The Morgan fingerprint density at radius 1 is 1.15 bits per heavy atom. The molecule has 1 aliphatic heterocycles. The van der Waals surface area contributed by atoms with Crippen molar-refractivity contribution in [2.75, 3.05) is 25.5 Å². The molecule has 0 saturated carbocycles. The van der Waals surface area contributed by atoms with Crippen molar-refractivity contribution in [2.24, 2.45) is 0 Å². The van der Waals surface area contributed by atoms with E-state index in [2.05, 4.69) is 0 Å². The lowest BCUT2D eigenvalue weighted by Gasteiger charge is -2.22. The minimum Gasteiger partial charge on any atom is -0.311 e. The molecule has 138 valence electrons. The maximum Gasteiger partial charge on any atom is 0.242 e. The third kappa shape index (κ3) is 3.65. The number of fused-ring (bicyclic) bond motifs is 1. The van der Waals surface area contributed by atoms with E-state index in [0.717, 1.165) is 16.1 Å². The Hall–Kier alpha value is -1.83. The average molecular weight is 391 g/mol. The average Bonchev–Trinajstić information content (AvgIpc) is 3.04. The molecule has 0 fully saturated rings. The molecule has 0 saturated heterocycles. The first kappa shape index (κ1) is 18.9. The van der Waals surface area contributed by atoms with Gasteiger partial charge in [-0.2, -0.15) is 0 Å². The molecule has 1 atom stereocenters. The Balaban J connectivity index is 1.80. The van der Waals surface area contributed by atoms with Crippen LogP contribution in [0.25, 0.3) is 0 Å². The molecule has 0 bridgehead atoms.